The van der Waals surface area contributed by atoms with Gasteiger partial charge in [-0.25, -0.2) is 4.79 Å². The molecule has 0 fully saturated rings. The standard InChI is InChI=1S/C18H30.C17H22N2O6/c1-3-11-17(12-4-2)13-7-5-8-14-18-15-9-6-10-16-18;1-3-4-5-6-7-16(20)18-13(2)17(21)25-15-10-8-14(9-11-15)12-24-19(22)23/h6,9-10,15-17H,3-5,7-8,11-14H2,1-2H3;3-4,8-11,13H,5-7,12H2,1-2H3,(H,18,20)/b;4-3-. The molecule has 0 aliphatic rings. The highest BCUT2D eigenvalue weighted by molar-refractivity contribution is 5.85. The number of ether oxygens (including phenoxy) is 1. The average molecular weight is 597 g/mol. The number of hydrogen-bond donors (Lipinski definition) is 1. The first kappa shape index (κ1) is 37.3. The first-order valence-electron chi connectivity index (χ1n) is 15.8. The number of unbranched alkanes of at least 4 members (excludes halogenated alkanes) is 3. The van der Waals surface area contributed by atoms with Crippen molar-refractivity contribution in [1.29, 1.82) is 0 Å². The average Bonchev–Trinajstić information content (AvgIpc) is 3.00. The normalized spacial score (nSPS) is 11.5. The molecule has 1 N–H and O–H groups in total. The van der Waals surface area contributed by atoms with E-state index in [0.29, 0.717) is 18.4 Å². The molecule has 8 heteroatoms. The number of carbonyl (C=O) groups is 2. The second-order valence-corrected chi connectivity index (χ2v) is 10.8. The van der Waals surface area contributed by atoms with Crippen molar-refractivity contribution < 1.29 is 24.3 Å². The molecule has 0 radical (unpaired) electrons. The Hall–Kier alpha value is -3.68. The molecule has 43 heavy (non-hydrogen) atoms. The van der Waals surface area contributed by atoms with Crippen LogP contribution < -0.4 is 10.1 Å². The number of rotatable bonds is 20. The maximum Gasteiger partial charge on any atom is 0.333 e. The van der Waals surface area contributed by atoms with E-state index in [9.17, 15) is 19.7 Å². The number of amides is 1. The van der Waals surface area contributed by atoms with Crippen molar-refractivity contribution in [3.05, 3.63) is 88.0 Å². The highest BCUT2D eigenvalue weighted by Crippen LogP contribution is 2.21. The highest BCUT2D eigenvalue weighted by atomic mass is 16.9. The molecule has 0 aromatic heterocycles. The Balaban J connectivity index is 0.000000453. The van der Waals surface area contributed by atoms with E-state index < -0.39 is 17.1 Å². The molecule has 1 atom stereocenters. The largest absolute Gasteiger partial charge is 0.425 e. The number of hydrogen-bond acceptors (Lipinski definition) is 6. The van der Waals surface area contributed by atoms with Crippen LogP contribution in [0.4, 0.5) is 0 Å². The van der Waals surface area contributed by atoms with Crippen LogP contribution in [0.15, 0.2) is 66.7 Å². The molecule has 238 valence electrons. The maximum atomic E-state index is 12.0. The van der Waals surface area contributed by atoms with Gasteiger partial charge in [0.2, 0.25) is 5.91 Å². The van der Waals surface area contributed by atoms with Crippen molar-refractivity contribution in [3.8, 4) is 5.75 Å². The predicted molar refractivity (Wildman–Crippen MR) is 172 cm³/mol. The molecule has 1 unspecified atom stereocenters. The summed E-state index contributed by atoms with van der Waals surface area (Å²) in [5.41, 5.74) is 2.06. The number of carbonyl (C=O) groups excluding carboxylic acids is 2. The van der Waals surface area contributed by atoms with E-state index >= 15 is 0 Å². The van der Waals surface area contributed by atoms with Gasteiger partial charge in [-0.15, -0.1) is 10.1 Å². The second kappa shape index (κ2) is 23.8. The summed E-state index contributed by atoms with van der Waals surface area (Å²) in [7, 11) is 0. The van der Waals surface area contributed by atoms with Gasteiger partial charge in [0.05, 0.1) is 0 Å². The van der Waals surface area contributed by atoms with Gasteiger partial charge in [0.15, 0.2) is 0 Å². The third-order valence-corrected chi connectivity index (χ3v) is 7.03. The van der Waals surface area contributed by atoms with E-state index in [1.807, 2.05) is 19.1 Å². The van der Waals surface area contributed by atoms with Crippen LogP contribution in [0, 0.1) is 16.0 Å². The van der Waals surface area contributed by atoms with Gasteiger partial charge in [0.25, 0.3) is 5.09 Å². The molecule has 2 rings (SSSR count). The Kier molecular flexibility index (Phi) is 20.7. The fourth-order valence-corrected chi connectivity index (χ4v) is 4.74. The Morgan fingerprint density at radius 1 is 0.907 bits per heavy atom. The van der Waals surface area contributed by atoms with E-state index in [1.54, 1.807) is 19.1 Å². The summed E-state index contributed by atoms with van der Waals surface area (Å²) in [6.07, 6.45) is 18.3. The van der Waals surface area contributed by atoms with Crippen LogP contribution in [0.25, 0.3) is 0 Å². The topological polar surface area (TPSA) is 108 Å². The zero-order valence-electron chi connectivity index (χ0n) is 26.6. The first-order chi connectivity index (χ1) is 20.8. The molecule has 0 heterocycles. The van der Waals surface area contributed by atoms with Gasteiger partial charge in [-0.3, -0.25) is 4.79 Å². The minimum Gasteiger partial charge on any atom is -0.425 e. The van der Waals surface area contributed by atoms with Crippen LogP contribution >= 0.6 is 0 Å². The summed E-state index contributed by atoms with van der Waals surface area (Å²) in [6, 6.07) is 16.2. The summed E-state index contributed by atoms with van der Waals surface area (Å²) in [5.74, 6) is 0.484. The van der Waals surface area contributed by atoms with Gasteiger partial charge in [-0.05, 0) is 68.7 Å². The first-order valence-corrected chi connectivity index (χ1v) is 15.8. The number of nitrogens with zero attached hydrogens (tertiary/aromatic N) is 1. The molecular formula is C35H52N2O6. The van der Waals surface area contributed by atoms with E-state index in [1.165, 1.54) is 75.5 Å². The lowest BCUT2D eigenvalue weighted by atomic mass is 9.92. The van der Waals surface area contributed by atoms with Gasteiger partial charge in [-0.1, -0.05) is 113 Å². The van der Waals surface area contributed by atoms with Crippen molar-refractivity contribution in [3.63, 3.8) is 0 Å². The smallest absolute Gasteiger partial charge is 0.333 e. The Bertz CT molecular complexity index is 1050. The van der Waals surface area contributed by atoms with Crippen LogP contribution in [-0.4, -0.2) is 23.0 Å². The third-order valence-electron chi connectivity index (χ3n) is 7.03. The second-order valence-electron chi connectivity index (χ2n) is 10.8. The van der Waals surface area contributed by atoms with E-state index in [0.717, 1.165) is 12.3 Å². The lowest BCUT2D eigenvalue weighted by Crippen LogP contribution is -2.40. The van der Waals surface area contributed by atoms with Crippen molar-refractivity contribution in [1.82, 2.24) is 5.32 Å². The molecule has 2 aromatic rings. The van der Waals surface area contributed by atoms with Crippen molar-refractivity contribution in [2.45, 2.75) is 117 Å². The molecular weight excluding hydrogens is 544 g/mol. The Labute approximate surface area is 258 Å². The number of aryl methyl sites for hydroxylation is 1. The summed E-state index contributed by atoms with van der Waals surface area (Å²) < 4.78 is 5.16. The van der Waals surface area contributed by atoms with Gasteiger partial charge in [-0.2, -0.15) is 0 Å². The molecule has 8 nitrogen and oxygen atoms in total. The van der Waals surface area contributed by atoms with Crippen LogP contribution in [0.1, 0.15) is 109 Å². The molecule has 0 saturated carbocycles. The zero-order valence-corrected chi connectivity index (χ0v) is 26.6. The lowest BCUT2D eigenvalue weighted by molar-refractivity contribution is -0.763. The number of esters is 1. The summed E-state index contributed by atoms with van der Waals surface area (Å²) in [6.45, 7) is 7.92. The zero-order chi connectivity index (χ0) is 31.7. The fourth-order valence-electron chi connectivity index (χ4n) is 4.74. The minimum atomic E-state index is -0.878. The SMILES string of the molecule is C/C=C\CCCC(=O)NC(C)C(=O)Oc1ccc(CO[N+](=O)[O-])cc1.CCCC(CCC)CCCCCc1ccccc1. The predicted octanol–water partition coefficient (Wildman–Crippen LogP) is 8.56. The maximum absolute atomic E-state index is 12.0. The molecule has 0 aliphatic heterocycles. The molecule has 0 aliphatic carbocycles. The fraction of sp³-hybridized carbons (Fsp3) is 0.543. The van der Waals surface area contributed by atoms with Gasteiger partial charge in [0.1, 0.15) is 18.4 Å². The van der Waals surface area contributed by atoms with E-state index in [2.05, 4.69) is 54.3 Å². The number of benzene rings is 2. The molecule has 0 bridgehead atoms. The highest BCUT2D eigenvalue weighted by Gasteiger charge is 2.17. The summed E-state index contributed by atoms with van der Waals surface area (Å²) in [4.78, 5) is 38.1. The minimum absolute atomic E-state index is 0.180. The van der Waals surface area contributed by atoms with Crippen molar-refractivity contribution in [2.24, 2.45) is 5.92 Å². The summed E-state index contributed by atoms with van der Waals surface area (Å²) in [5, 5.41) is 11.8. The Morgan fingerprint density at radius 3 is 2.19 bits per heavy atom. The monoisotopic (exact) mass is 596 g/mol. The molecule has 2 aromatic carbocycles. The summed E-state index contributed by atoms with van der Waals surface area (Å²) >= 11 is 0. The number of allylic oxidation sites excluding steroid dienone is 2. The van der Waals surface area contributed by atoms with Crippen LogP contribution in [0.2, 0.25) is 0 Å². The van der Waals surface area contributed by atoms with Gasteiger partial charge < -0.3 is 14.9 Å². The molecule has 0 spiro atoms. The number of nitrogens with one attached hydrogen (secondary N) is 1. The third kappa shape index (κ3) is 19.2. The van der Waals surface area contributed by atoms with E-state index in [4.69, 9.17) is 4.74 Å². The molecule has 1 amide bonds. The Morgan fingerprint density at radius 2 is 1.58 bits per heavy atom. The van der Waals surface area contributed by atoms with Crippen molar-refractivity contribution >= 4 is 11.9 Å². The van der Waals surface area contributed by atoms with Gasteiger partial charge >= 0.3 is 5.97 Å². The van der Waals surface area contributed by atoms with Gasteiger partial charge in [0, 0.05) is 6.42 Å². The van der Waals surface area contributed by atoms with Crippen LogP contribution in [0.3, 0.4) is 0 Å². The molecule has 0 saturated heterocycles. The van der Waals surface area contributed by atoms with E-state index in [-0.39, 0.29) is 18.3 Å². The van der Waals surface area contributed by atoms with Crippen molar-refractivity contribution in [2.75, 3.05) is 0 Å². The van der Waals surface area contributed by atoms with Crippen LogP contribution in [0.5, 0.6) is 5.75 Å². The quantitative estimate of drug-likeness (QED) is 0.0410. The van der Waals surface area contributed by atoms with Crippen LogP contribution in [-0.2, 0) is 27.5 Å². The lowest BCUT2D eigenvalue weighted by Gasteiger charge is -2.14.